The molecule has 258 valence electrons. The van der Waals surface area contributed by atoms with Crippen LogP contribution >= 0.6 is 0 Å². The van der Waals surface area contributed by atoms with E-state index in [1.165, 1.54) is 22.3 Å². The number of rotatable bonds is 6. The van der Waals surface area contributed by atoms with Crippen molar-refractivity contribution in [3.8, 4) is 0 Å². The lowest BCUT2D eigenvalue weighted by Gasteiger charge is -2.35. The average Bonchev–Trinajstić information content (AvgIpc) is 3.52. The third kappa shape index (κ3) is 5.52. The molecule has 6 aromatic carbocycles. The number of anilines is 4. The molecule has 0 saturated carbocycles. The molecule has 2 unspecified atom stereocenters. The van der Waals surface area contributed by atoms with Crippen LogP contribution in [0.1, 0.15) is 25.0 Å². The molecule has 2 aliphatic rings. The highest BCUT2D eigenvalue weighted by molar-refractivity contribution is 6.30. The van der Waals surface area contributed by atoms with E-state index in [1.807, 2.05) is 0 Å². The van der Waals surface area contributed by atoms with Gasteiger partial charge < -0.3 is 14.2 Å². The number of aryl methyl sites for hydroxylation is 2. The third-order valence-electron chi connectivity index (χ3n) is 10.7. The van der Waals surface area contributed by atoms with E-state index >= 15 is 0 Å². The van der Waals surface area contributed by atoms with Gasteiger partial charge in [-0.25, -0.2) is 0 Å². The van der Waals surface area contributed by atoms with E-state index in [0.717, 1.165) is 77.4 Å². The van der Waals surface area contributed by atoms with E-state index in [0.29, 0.717) is 0 Å². The smallest absolute Gasteiger partial charge is 0.138 e. The van der Waals surface area contributed by atoms with Crippen molar-refractivity contribution in [1.29, 1.82) is 0 Å². The molecule has 0 fully saturated rings. The molecule has 1 aromatic heterocycles. The third-order valence-corrected chi connectivity index (χ3v) is 10.7. The van der Waals surface area contributed by atoms with Crippen molar-refractivity contribution in [3.05, 3.63) is 192 Å². The topological polar surface area (TPSA) is 19.6 Å². The fourth-order valence-electron chi connectivity index (χ4n) is 8.40. The summed E-state index contributed by atoms with van der Waals surface area (Å²) in [5, 5.41) is 6.90. The number of hydrogen-bond donors (Lipinski definition) is 0. The number of hydrogen-bond acceptors (Lipinski definition) is 3. The summed E-state index contributed by atoms with van der Waals surface area (Å²) >= 11 is 0. The summed E-state index contributed by atoms with van der Waals surface area (Å²) in [6.07, 6.45) is 13.3. The Morgan fingerprint density at radius 1 is 0.491 bits per heavy atom. The van der Waals surface area contributed by atoms with Crippen LogP contribution in [0.4, 0.5) is 22.7 Å². The average molecular weight is 687 g/mol. The first-order valence-electron chi connectivity index (χ1n) is 18.4. The second-order valence-corrected chi connectivity index (χ2v) is 14.7. The van der Waals surface area contributed by atoms with Crippen LogP contribution < -0.4 is 9.80 Å². The van der Waals surface area contributed by atoms with Crippen molar-refractivity contribution in [2.24, 2.45) is 0 Å². The van der Waals surface area contributed by atoms with Crippen LogP contribution in [-0.2, 0) is 0 Å². The highest BCUT2D eigenvalue weighted by Gasteiger charge is 2.29. The Morgan fingerprint density at radius 3 is 1.30 bits per heavy atom. The minimum atomic E-state index is -0.0598. The Labute approximate surface area is 311 Å². The molecule has 3 nitrogen and oxygen atoms in total. The Kier molecular flexibility index (Phi) is 7.82. The van der Waals surface area contributed by atoms with Gasteiger partial charge in [0.25, 0.3) is 0 Å². The number of furan rings is 1. The van der Waals surface area contributed by atoms with Crippen LogP contribution in [0.3, 0.4) is 0 Å². The van der Waals surface area contributed by atoms with E-state index in [1.54, 1.807) is 0 Å². The monoisotopic (exact) mass is 686 g/mol. The van der Waals surface area contributed by atoms with Gasteiger partial charge in [0.15, 0.2) is 0 Å². The number of fused-ring (bicyclic) bond motifs is 7. The lowest BCUT2D eigenvalue weighted by atomic mass is 9.93. The Hall–Kier alpha value is -6.32. The number of nitrogens with zero attached hydrogens (tertiary/aromatic N) is 2. The maximum absolute atomic E-state index is 7.07. The van der Waals surface area contributed by atoms with Crippen LogP contribution in [0.2, 0.25) is 0 Å². The lowest BCUT2D eigenvalue weighted by molar-refractivity contribution is 0.669. The van der Waals surface area contributed by atoms with E-state index in [-0.39, 0.29) is 12.1 Å². The molecule has 9 rings (SSSR count). The Bertz CT molecular complexity index is 2600. The molecule has 3 heteroatoms. The zero-order valence-electron chi connectivity index (χ0n) is 30.7. The second kappa shape index (κ2) is 12.7. The first-order valence-corrected chi connectivity index (χ1v) is 18.4. The minimum Gasteiger partial charge on any atom is -0.456 e. The van der Waals surface area contributed by atoms with E-state index < -0.39 is 0 Å². The lowest BCUT2D eigenvalue weighted by Crippen LogP contribution is -2.32. The van der Waals surface area contributed by atoms with Crippen LogP contribution in [-0.4, -0.2) is 12.1 Å². The summed E-state index contributed by atoms with van der Waals surface area (Å²) in [5.74, 6) is 0. The van der Waals surface area contributed by atoms with Crippen molar-refractivity contribution in [2.75, 3.05) is 9.80 Å². The van der Waals surface area contributed by atoms with Gasteiger partial charge in [0, 0.05) is 45.1 Å². The van der Waals surface area contributed by atoms with Crippen molar-refractivity contribution < 1.29 is 4.42 Å². The Balaban J connectivity index is 1.34. The molecule has 0 N–H and O–H groups in total. The fourth-order valence-corrected chi connectivity index (χ4v) is 8.40. The SMILES string of the molecule is C=C1C=C(C)C=CC1N(c1cccc(C)c1)c1cc2oc3cc(N(c4cccc(C)c4)C4C=CC(C)=CC4=C)c4ccccc4c3c2c2ccccc12. The van der Waals surface area contributed by atoms with E-state index in [2.05, 4.69) is 196 Å². The molecule has 0 radical (unpaired) electrons. The van der Waals surface area contributed by atoms with Gasteiger partial charge in [-0.15, -0.1) is 0 Å². The standard InChI is InChI=1S/C50H42N2O/c1-31-13-11-15-37(27-31)51(43-23-21-33(3)25-35(43)5)45-29-47-49(41-19-9-7-17-39(41)45)50-42-20-10-8-18-40(42)46(30-48(50)53-47)52(38-16-12-14-32(2)28-38)44-24-22-34(4)26-36(44)6/h7-30,43-44H,5-6H2,1-4H3. The molecule has 0 amide bonds. The molecule has 7 aromatic rings. The normalized spacial score (nSPS) is 17.2. The van der Waals surface area contributed by atoms with Gasteiger partial charge in [-0.1, -0.05) is 134 Å². The molecule has 0 saturated heterocycles. The summed E-state index contributed by atoms with van der Waals surface area (Å²) in [4.78, 5) is 4.84. The molecular formula is C50H42N2O. The summed E-state index contributed by atoms with van der Waals surface area (Å²) < 4.78 is 7.07. The number of allylic oxidation sites excluding steroid dienone is 4. The van der Waals surface area contributed by atoms with Crippen molar-refractivity contribution in [3.63, 3.8) is 0 Å². The van der Waals surface area contributed by atoms with Gasteiger partial charge in [-0.05, 0) is 85.0 Å². The molecule has 1 heterocycles. The molecule has 0 aliphatic heterocycles. The highest BCUT2D eigenvalue weighted by Crippen LogP contribution is 2.48. The maximum Gasteiger partial charge on any atom is 0.138 e. The van der Waals surface area contributed by atoms with Gasteiger partial charge in [0.2, 0.25) is 0 Å². The second-order valence-electron chi connectivity index (χ2n) is 14.7. The molecule has 2 aliphatic carbocycles. The Morgan fingerprint density at radius 2 is 0.906 bits per heavy atom. The summed E-state index contributed by atoms with van der Waals surface area (Å²) in [5.41, 5.74) is 13.0. The summed E-state index contributed by atoms with van der Waals surface area (Å²) in [6.45, 7) is 17.6. The summed E-state index contributed by atoms with van der Waals surface area (Å²) in [7, 11) is 0. The first-order chi connectivity index (χ1) is 25.7. The quantitative estimate of drug-likeness (QED) is 0.174. The largest absolute Gasteiger partial charge is 0.456 e. The van der Waals surface area contributed by atoms with Crippen LogP contribution in [0.25, 0.3) is 43.5 Å². The molecule has 0 bridgehead atoms. The maximum atomic E-state index is 7.07. The van der Waals surface area contributed by atoms with E-state index in [4.69, 9.17) is 4.42 Å². The van der Waals surface area contributed by atoms with Gasteiger partial charge in [-0.2, -0.15) is 0 Å². The summed E-state index contributed by atoms with van der Waals surface area (Å²) in [6, 6.07) is 39.4. The van der Waals surface area contributed by atoms with Crippen molar-refractivity contribution in [1.82, 2.24) is 0 Å². The van der Waals surface area contributed by atoms with Crippen LogP contribution in [0, 0.1) is 13.8 Å². The van der Waals surface area contributed by atoms with Gasteiger partial charge >= 0.3 is 0 Å². The van der Waals surface area contributed by atoms with Crippen LogP contribution in [0.5, 0.6) is 0 Å². The molecule has 2 atom stereocenters. The van der Waals surface area contributed by atoms with Crippen LogP contribution in [0.15, 0.2) is 186 Å². The zero-order chi connectivity index (χ0) is 36.4. The number of benzene rings is 6. The van der Waals surface area contributed by atoms with Crippen molar-refractivity contribution in [2.45, 2.75) is 39.8 Å². The van der Waals surface area contributed by atoms with Gasteiger partial charge in [0.05, 0.1) is 23.5 Å². The zero-order valence-corrected chi connectivity index (χ0v) is 30.7. The molecule has 0 spiro atoms. The van der Waals surface area contributed by atoms with Gasteiger partial charge in [0.1, 0.15) is 11.2 Å². The minimum absolute atomic E-state index is 0.0598. The fraction of sp³-hybridized carbons (Fsp3) is 0.120. The molecule has 53 heavy (non-hydrogen) atoms. The first kappa shape index (κ1) is 32.6. The highest BCUT2D eigenvalue weighted by atomic mass is 16.3. The predicted octanol–water partition coefficient (Wildman–Crippen LogP) is 13.7. The van der Waals surface area contributed by atoms with E-state index in [9.17, 15) is 0 Å². The predicted molar refractivity (Wildman–Crippen MR) is 227 cm³/mol. The van der Waals surface area contributed by atoms with Gasteiger partial charge in [-0.3, -0.25) is 0 Å². The van der Waals surface area contributed by atoms with Crippen molar-refractivity contribution >= 4 is 66.2 Å². The molecular weight excluding hydrogens is 645 g/mol.